The Morgan fingerprint density at radius 3 is 2.04 bits per heavy atom. The number of amides is 3. The number of nitrogens with one attached hydrogen (secondary N) is 2. The van der Waals surface area contributed by atoms with Gasteiger partial charge < -0.3 is 44.4 Å². The number of carbonyl (C=O) groups excluding carboxylic acids is 4. The predicted octanol–water partition coefficient (Wildman–Crippen LogP) is 0.334. The number of aromatic hydroxyl groups is 1. The second-order valence-electron chi connectivity index (χ2n) is 11.7. The van der Waals surface area contributed by atoms with Gasteiger partial charge in [0.2, 0.25) is 17.7 Å². The monoisotopic (exact) mass is 638 g/mol. The molecule has 0 aliphatic carbocycles. The highest BCUT2D eigenvalue weighted by Gasteiger charge is 2.31. The summed E-state index contributed by atoms with van der Waals surface area (Å²) in [4.78, 5) is 56.7. The Bertz CT molecular complexity index is 1320. The maximum absolute atomic E-state index is 13.8. The Morgan fingerprint density at radius 1 is 0.848 bits per heavy atom. The molecular weight excluding hydrogens is 588 g/mol. The van der Waals surface area contributed by atoms with Gasteiger partial charge in [-0.05, 0) is 99.7 Å². The Hall–Kier alpha value is -4.49. The smallest absolute Gasteiger partial charge is 0.239 e. The molecule has 252 valence electrons. The lowest BCUT2D eigenvalue weighted by molar-refractivity contribution is -0.133. The summed E-state index contributed by atoms with van der Waals surface area (Å²) in [6.07, 6.45) is 2.37. The summed E-state index contributed by atoms with van der Waals surface area (Å²) in [5.41, 5.74) is 31.6. The van der Waals surface area contributed by atoms with E-state index < -0.39 is 41.8 Å². The number of carbonyl (C=O) groups is 4. The van der Waals surface area contributed by atoms with Gasteiger partial charge in [0.05, 0.1) is 12.1 Å². The van der Waals surface area contributed by atoms with Crippen LogP contribution >= 0.6 is 0 Å². The van der Waals surface area contributed by atoms with Gasteiger partial charge in [-0.2, -0.15) is 0 Å². The summed E-state index contributed by atoms with van der Waals surface area (Å²) in [6.45, 7) is 4.32. The van der Waals surface area contributed by atoms with Crippen LogP contribution in [0, 0.1) is 19.8 Å². The zero-order valence-electron chi connectivity index (χ0n) is 26.8. The molecule has 13 N–H and O–H groups in total. The number of unbranched alkanes of at least 4 members (excludes halogenated alkanes) is 1. The summed E-state index contributed by atoms with van der Waals surface area (Å²) in [5.74, 6) is -2.90. The van der Waals surface area contributed by atoms with Crippen molar-refractivity contribution in [3.63, 3.8) is 0 Å². The largest absolute Gasteiger partial charge is 0.508 e. The van der Waals surface area contributed by atoms with Crippen LogP contribution in [0.15, 0.2) is 47.5 Å². The third kappa shape index (κ3) is 12.9. The molecule has 4 atom stereocenters. The molecular formula is C33H50N8O5. The molecule has 2 rings (SSSR count). The van der Waals surface area contributed by atoms with E-state index in [2.05, 4.69) is 15.6 Å². The van der Waals surface area contributed by atoms with Crippen LogP contribution < -0.4 is 39.3 Å². The number of primary amides is 1. The van der Waals surface area contributed by atoms with Crippen LogP contribution in [0.2, 0.25) is 0 Å². The van der Waals surface area contributed by atoms with E-state index in [1.54, 1.807) is 12.1 Å². The normalized spacial score (nSPS) is 13.6. The van der Waals surface area contributed by atoms with Crippen molar-refractivity contribution < 1.29 is 24.3 Å². The third-order valence-electron chi connectivity index (χ3n) is 7.84. The van der Waals surface area contributed by atoms with E-state index in [0.717, 1.165) is 22.3 Å². The van der Waals surface area contributed by atoms with Crippen LogP contribution in [0.3, 0.4) is 0 Å². The van der Waals surface area contributed by atoms with Crippen molar-refractivity contribution in [2.45, 2.75) is 83.3 Å². The highest BCUT2D eigenvalue weighted by Crippen LogP contribution is 2.22. The average molecular weight is 639 g/mol. The minimum absolute atomic E-state index is 0.0939. The highest BCUT2D eigenvalue weighted by molar-refractivity contribution is 5.94. The minimum atomic E-state index is -0.983. The van der Waals surface area contributed by atoms with E-state index in [1.807, 2.05) is 44.2 Å². The molecule has 2 aromatic carbocycles. The second-order valence-corrected chi connectivity index (χ2v) is 11.7. The number of aryl methyl sites for hydroxylation is 2. The van der Waals surface area contributed by atoms with Gasteiger partial charge >= 0.3 is 0 Å². The van der Waals surface area contributed by atoms with Crippen molar-refractivity contribution in [2.75, 3.05) is 13.1 Å². The lowest BCUT2D eigenvalue weighted by Crippen LogP contribution is -2.51. The maximum atomic E-state index is 13.8. The van der Waals surface area contributed by atoms with E-state index in [1.165, 1.54) is 0 Å². The molecule has 0 heterocycles. The fourth-order valence-electron chi connectivity index (χ4n) is 5.31. The van der Waals surface area contributed by atoms with Crippen LogP contribution in [0.4, 0.5) is 0 Å². The first kappa shape index (κ1) is 37.7. The molecule has 0 fully saturated rings. The van der Waals surface area contributed by atoms with E-state index in [9.17, 15) is 24.3 Å². The van der Waals surface area contributed by atoms with Gasteiger partial charge in [0.25, 0.3) is 0 Å². The molecule has 46 heavy (non-hydrogen) atoms. The number of benzene rings is 2. The highest BCUT2D eigenvalue weighted by atomic mass is 16.3. The molecule has 2 aromatic rings. The standard InChI is InChI=1S/C33H50N8O5/c1-20-15-24(42)16-21(2)25(20)19-26(35)32(46)40-27(12-8-14-39-33(37)38)29(43)18-23(17-22-9-4-3-5-10-22)31(45)41-28(30(36)44)11-6-7-13-34/h3-5,9-10,15-16,23,26-28,42H,6-8,11-14,17-19,34-35H2,1-2H3,(H2,36,44)(H,40,46)(H,41,45)(H4,37,38,39)/t23-,26+,27-,28+/m1/s1. The molecule has 0 bridgehead atoms. The fraction of sp³-hybridized carbons (Fsp3) is 0.485. The van der Waals surface area contributed by atoms with Crippen molar-refractivity contribution in [2.24, 2.45) is 39.6 Å². The molecule has 0 aliphatic heterocycles. The molecule has 0 aromatic heterocycles. The van der Waals surface area contributed by atoms with E-state index >= 15 is 0 Å². The van der Waals surface area contributed by atoms with Gasteiger partial charge in [-0.15, -0.1) is 0 Å². The van der Waals surface area contributed by atoms with Crippen LogP contribution in [0.5, 0.6) is 5.75 Å². The quantitative estimate of drug-likeness (QED) is 0.0564. The van der Waals surface area contributed by atoms with Gasteiger partial charge in [-0.25, -0.2) is 0 Å². The van der Waals surface area contributed by atoms with Crippen LogP contribution in [-0.2, 0) is 32.0 Å². The van der Waals surface area contributed by atoms with Crippen molar-refractivity contribution in [1.82, 2.24) is 10.6 Å². The Balaban J connectivity index is 2.27. The van der Waals surface area contributed by atoms with Gasteiger partial charge in [0, 0.05) is 18.9 Å². The minimum Gasteiger partial charge on any atom is -0.508 e. The summed E-state index contributed by atoms with van der Waals surface area (Å²) in [6, 6.07) is 9.53. The Labute approximate surface area is 270 Å². The molecule has 0 aliphatic rings. The third-order valence-corrected chi connectivity index (χ3v) is 7.84. The summed E-state index contributed by atoms with van der Waals surface area (Å²) >= 11 is 0. The molecule has 0 unspecified atom stereocenters. The maximum Gasteiger partial charge on any atom is 0.239 e. The van der Waals surface area contributed by atoms with Gasteiger partial charge in [-0.3, -0.25) is 24.2 Å². The zero-order chi connectivity index (χ0) is 34.2. The number of aliphatic imine (C=N–C) groups is 1. The number of hydrogen-bond acceptors (Lipinski definition) is 8. The number of Topliss-reactive ketones (excluding diaryl/α,β-unsaturated/α-hetero) is 1. The predicted molar refractivity (Wildman–Crippen MR) is 178 cm³/mol. The molecule has 0 spiro atoms. The van der Waals surface area contributed by atoms with Crippen LogP contribution in [0.1, 0.15) is 60.8 Å². The Morgan fingerprint density at radius 2 is 1.46 bits per heavy atom. The Kier molecular flexibility index (Phi) is 15.7. The van der Waals surface area contributed by atoms with Gasteiger partial charge in [0.15, 0.2) is 11.7 Å². The van der Waals surface area contributed by atoms with Crippen molar-refractivity contribution in [3.05, 3.63) is 64.7 Å². The number of hydrogen-bond donors (Lipinski definition) is 8. The first-order valence-corrected chi connectivity index (χ1v) is 15.6. The number of phenols is 1. The SMILES string of the molecule is Cc1cc(O)cc(C)c1C[C@H](N)C(=O)N[C@H](CCCN=C(N)N)C(=O)C[C@@H](Cc1ccccc1)C(=O)N[C@@H](CCCCN)C(N)=O. The fourth-order valence-corrected chi connectivity index (χ4v) is 5.31. The van der Waals surface area contributed by atoms with Crippen LogP contribution in [-0.4, -0.2) is 65.8 Å². The van der Waals surface area contributed by atoms with Crippen LogP contribution in [0.25, 0.3) is 0 Å². The number of nitrogens with two attached hydrogens (primary N) is 5. The van der Waals surface area contributed by atoms with E-state index in [0.29, 0.717) is 32.2 Å². The van der Waals surface area contributed by atoms with E-state index in [4.69, 9.17) is 28.7 Å². The molecule has 13 nitrogen and oxygen atoms in total. The van der Waals surface area contributed by atoms with Crippen molar-refractivity contribution in [3.8, 4) is 5.75 Å². The first-order chi connectivity index (χ1) is 21.8. The first-order valence-electron chi connectivity index (χ1n) is 15.6. The number of guanidine groups is 1. The number of rotatable bonds is 20. The number of ketones is 1. The van der Waals surface area contributed by atoms with Crippen molar-refractivity contribution >= 4 is 29.5 Å². The molecule has 13 heteroatoms. The lowest BCUT2D eigenvalue weighted by Gasteiger charge is -2.24. The molecule has 0 saturated heterocycles. The number of nitrogens with zero attached hydrogens (tertiary/aromatic N) is 1. The summed E-state index contributed by atoms with van der Waals surface area (Å²) in [5, 5.41) is 15.4. The number of phenolic OH excluding ortho intramolecular Hbond substituents is 1. The summed E-state index contributed by atoms with van der Waals surface area (Å²) < 4.78 is 0. The average Bonchev–Trinajstić information content (AvgIpc) is 2.99. The van der Waals surface area contributed by atoms with Gasteiger partial charge in [-0.1, -0.05) is 30.3 Å². The summed E-state index contributed by atoms with van der Waals surface area (Å²) in [7, 11) is 0. The topological polar surface area (TPSA) is 255 Å². The lowest BCUT2D eigenvalue weighted by atomic mass is 9.89. The van der Waals surface area contributed by atoms with E-state index in [-0.39, 0.29) is 49.7 Å². The molecule has 0 saturated carbocycles. The van der Waals surface area contributed by atoms with Crippen molar-refractivity contribution in [1.29, 1.82) is 0 Å². The zero-order valence-corrected chi connectivity index (χ0v) is 26.8. The molecule has 3 amide bonds. The molecule has 0 radical (unpaired) electrons. The second kappa shape index (κ2) is 19.1. The van der Waals surface area contributed by atoms with Gasteiger partial charge in [0.1, 0.15) is 11.8 Å².